The Hall–Kier alpha value is -5.54. The molecule has 4 N–H and O–H groups in total. The molecule has 236 valence electrons. The molecule has 0 radical (unpaired) electrons. The molecule has 47 heavy (non-hydrogen) atoms. The first-order chi connectivity index (χ1) is 22.4. The van der Waals surface area contributed by atoms with Crippen molar-refractivity contribution in [1.82, 2.24) is 0 Å². The second-order valence-electron chi connectivity index (χ2n) is 10.5. The van der Waals surface area contributed by atoms with E-state index in [0.29, 0.717) is 39.0 Å². The topological polar surface area (TPSA) is 187 Å². The smallest absolute Gasteiger partial charge is 0.296 e. The normalized spacial score (nSPS) is 14.1. The van der Waals surface area contributed by atoms with E-state index in [1.54, 1.807) is 48.5 Å². The fraction of sp³-hybridized carbons (Fsp3) is 0.0303. The van der Waals surface area contributed by atoms with Gasteiger partial charge in [0, 0.05) is 22.0 Å². The van der Waals surface area contributed by atoms with Crippen molar-refractivity contribution in [1.29, 1.82) is 0 Å². The summed E-state index contributed by atoms with van der Waals surface area (Å²) in [7, 11) is -9.03. The standard InChI is InChI=1S/C33H25N5O7S2/c1-20-6-9-22(10-7-20)34-30-14-11-23(19-32(30)47(43,44)45)35-36-28-15-16-29(27-5-3-2-4-26(27)28)37-38-33-25-13-12-24(46(40,41)42)18-21(25)8-17-31(33)39/h2-19,34,37H,1H3,(H,40,41,42)(H,43,44,45)/b36-35?,38-33-. The van der Waals surface area contributed by atoms with Gasteiger partial charge < -0.3 is 5.32 Å². The van der Waals surface area contributed by atoms with E-state index in [4.69, 9.17) is 0 Å². The molecule has 1 aliphatic carbocycles. The lowest BCUT2D eigenvalue weighted by atomic mass is 9.95. The Labute approximate surface area is 269 Å². The SMILES string of the molecule is Cc1ccc(Nc2ccc(N=Nc3ccc(N/N=C4\C(=O)C=Cc5cc(S(=O)(=O)O)ccc54)c4ccccc34)cc2S(=O)(=O)O)cc1. The number of rotatable bonds is 8. The van der Waals surface area contributed by atoms with Gasteiger partial charge in [0.15, 0.2) is 0 Å². The summed E-state index contributed by atoms with van der Waals surface area (Å²) < 4.78 is 66.9. The first-order valence-corrected chi connectivity index (χ1v) is 16.8. The minimum atomic E-state index is -4.61. The first kappa shape index (κ1) is 31.4. The number of carbonyl (C=O) groups is 1. The molecule has 5 aromatic carbocycles. The zero-order valence-electron chi connectivity index (χ0n) is 24.5. The van der Waals surface area contributed by atoms with Gasteiger partial charge in [-0.3, -0.25) is 19.3 Å². The van der Waals surface area contributed by atoms with Crippen LogP contribution in [-0.4, -0.2) is 37.4 Å². The highest BCUT2D eigenvalue weighted by Crippen LogP contribution is 2.35. The number of anilines is 3. The number of fused-ring (bicyclic) bond motifs is 2. The lowest BCUT2D eigenvalue weighted by molar-refractivity contribution is -0.108. The third kappa shape index (κ3) is 6.85. The molecule has 0 spiro atoms. The highest BCUT2D eigenvalue weighted by atomic mass is 32.2. The minimum Gasteiger partial charge on any atom is -0.354 e. The Kier molecular flexibility index (Phi) is 8.25. The second kappa shape index (κ2) is 12.3. The highest BCUT2D eigenvalue weighted by Gasteiger charge is 2.22. The van der Waals surface area contributed by atoms with Crippen LogP contribution in [0.4, 0.5) is 28.4 Å². The number of ketones is 1. The quantitative estimate of drug-likeness (QED) is 0.0753. The lowest BCUT2D eigenvalue weighted by Gasteiger charge is -2.14. The predicted octanol–water partition coefficient (Wildman–Crippen LogP) is 7.21. The van der Waals surface area contributed by atoms with Gasteiger partial charge >= 0.3 is 0 Å². The number of hydrazone groups is 1. The summed E-state index contributed by atoms with van der Waals surface area (Å²) in [5.74, 6) is -0.399. The van der Waals surface area contributed by atoms with Gasteiger partial charge in [-0.2, -0.15) is 27.1 Å². The maximum atomic E-state index is 12.7. The van der Waals surface area contributed by atoms with Gasteiger partial charge in [-0.15, -0.1) is 5.11 Å². The van der Waals surface area contributed by atoms with Crippen molar-refractivity contribution in [2.45, 2.75) is 16.7 Å². The molecule has 0 unspecified atom stereocenters. The molecule has 0 saturated heterocycles. The van der Waals surface area contributed by atoms with Crippen LogP contribution in [0.2, 0.25) is 0 Å². The number of hydrogen-bond acceptors (Lipinski definition) is 10. The molecular formula is C33H25N5O7S2. The Balaban J connectivity index is 1.30. The van der Waals surface area contributed by atoms with Gasteiger partial charge in [-0.05, 0) is 73.2 Å². The van der Waals surface area contributed by atoms with E-state index in [-0.39, 0.29) is 26.9 Å². The number of aryl methyl sites for hydroxylation is 1. The first-order valence-electron chi connectivity index (χ1n) is 13.9. The van der Waals surface area contributed by atoms with Crippen molar-refractivity contribution in [3.63, 3.8) is 0 Å². The fourth-order valence-corrected chi connectivity index (χ4v) is 6.11. The van der Waals surface area contributed by atoms with Gasteiger partial charge in [0.1, 0.15) is 10.6 Å². The molecule has 0 amide bonds. The molecule has 14 heteroatoms. The van der Waals surface area contributed by atoms with Crippen LogP contribution in [0.15, 0.2) is 128 Å². The van der Waals surface area contributed by atoms with Crippen LogP contribution in [0.3, 0.4) is 0 Å². The molecule has 0 bridgehead atoms. The third-order valence-corrected chi connectivity index (χ3v) is 9.00. The van der Waals surface area contributed by atoms with Crippen LogP contribution in [0.25, 0.3) is 16.8 Å². The molecule has 0 fully saturated rings. The molecule has 0 aliphatic heterocycles. The molecule has 6 rings (SSSR count). The predicted molar refractivity (Wildman–Crippen MR) is 179 cm³/mol. The number of benzene rings is 5. The van der Waals surface area contributed by atoms with Crippen LogP contribution in [0, 0.1) is 6.92 Å². The molecule has 0 heterocycles. The number of azo groups is 1. The third-order valence-electron chi connectivity index (χ3n) is 7.26. The van der Waals surface area contributed by atoms with Crippen molar-refractivity contribution in [2.75, 3.05) is 10.7 Å². The Morgan fingerprint density at radius 2 is 1.43 bits per heavy atom. The zero-order valence-corrected chi connectivity index (χ0v) is 26.1. The Morgan fingerprint density at radius 1 is 0.702 bits per heavy atom. The Morgan fingerprint density at radius 3 is 2.15 bits per heavy atom. The van der Waals surface area contributed by atoms with E-state index >= 15 is 0 Å². The van der Waals surface area contributed by atoms with E-state index in [2.05, 4.69) is 26.1 Å². The molecular weight excluding hydrogens is 643 g/mol. The summed E-state index contributed by atoms with van der Waals surface area (Å²) >= 11 is 0. The average Bonchev–Trinajstić information content (AvgIpc) is 3.04. The maximum Gasteiger partial charge on any atom is 0.296 e. The lowest BCUT2D eigenvalue weighted by Crippen LogP contribution is -2.19. The summed E-state index contributed by atoms with van der Waals surface area (Å²) in [4.78, 5) is 12.0. The largest absolute Gasteiger partial charge is 0.354 e. The van der Waals surface area contributed by atoms with Gasteiger partial charge in [-0.25, -0.2) is 0 Å². The molecule has 0 atom stereocenters. The molecule has 0 saturated carbocycles. The summed E-state index contributed by atoms with van der Waals surface area (Å²) in [6, 6.07) is 26.0. The van der Waals surface area contributed by atoms with Crippen LogP contribution in [0.5, 0.6) is 0 Å². The number of hydrogen-bond donors (Lipinski definition) is 4. The highest BCUT2D eigenvalue weighted by molar-refractivity contribution is 7.86. The number of nitrogens with one attached hydrogen (secondary N) is 2. The Bertz CT molecular complexity index is 2390. The molecule has 0 aromatic heterocycles. The minimum absolute atomic E-state index is 0.0483. The van der Waals surface area contributed by atoms with Crippen molar-refractivity contribution >= 4 is 77.0 Å². The van der Waals surface area contributed by atoms with Crippen molar-refractivity contribution < 1.29 is 30.7 Å². The van der Waals surface area contributed by atoms with E-state index < -0.39 is 26.0 Å². The van der Waals surface area contributed by atoms with Crippen molar-refractivity contribution in [2.24, 2.45) is 15.3 Å². The summed E-state index contributed by atoms with van der Waals surface area (Å²) in [5, 5.41) is 17.3. The van der Waals surface area contributed by atoms with Gasteiger partial charge in [0.05, 0.1) is 27.6 Å². The summed E-state index contributed by atoms with van der Waals surface area (Å²) in [5.41, 5.74) is 6.77. The molecule has 12 nitrogen and oxygen atoms in total. The second-order valence-corrected chi connectivity index (χ2v) is 13.3. The van der Waals surface area contributed by atoms with Crippen LogP contribution < -0.4 is 10.7 Å². The van der Waals surface area contributed by atoms with E-state index in [1.165, 1.54) is 42.5 Å². The monoisotopic (exact) mass is 667 g/mol. The van der Waals surface area contributed by atoms with Gasteiger partial charge in [0.25, 0.3) is 20.2 Å². The molecule has 1 aliphatic rings. The fourth-order valence-electron chi connectivity index (χ4n) is 4.93. The van der Waals surface area contributed by atoms with Crippen LogP contribution in [-0.2, 0) is 25.0 Å². The average molecular weight is 668 g/mol. The zero-order chi connectivity index (χ0) is 33.3. The number of allylic oxidation sites excluding steroid dienone is 1. The van der Waals surface area contributed by atoms with Crippen LogP contribution in [0.1, 0.15) is 16.7 Å². The van der Waals surface area contributed by atoms with Crippen molar-refractivity contribution in [3.8, 4) is 0 Å². The van der Waals surface area contributed by atoms with Gasteiger partial charge in [0.2, 0.25) is 5.78 Å². The van der Waals surface area contributed by atoms with Crippen LogP contribution >= 0.6 is 0 Å². The number of carbonyl (C=O) groups excluding carboxylic acids is 1. The van der Waals surface area contributed by atoms with Crippen molar-refractivity contribution in [3.05, 3.63) is 120 Å². The van der Waals surface area contributed by atoms with Gasteiger partial charge in [-0.1, -0.05) is 54.1 Å². The summed E-state index contributed by atoms with van der Waals surface area (Å²) in [6.45, 7) is 1.93. The molecule has 5 aromatic rings. The number of nitrogens with zero attached hydrogens (tertiary/aromatic N) is 3. The maximum absolute atomic E-state index is 12.7. The summed E-state index contributed by atoms with van der Waals surface area (Å²) in [6.07, 6.45) is 2.71. The van der Waals surface area contributed by atoms with E-state index in [0.717, 1.165) is 5.56 Å². The van der Waals surface area contributed by atoms with E-state index in [1.807, 2.05) is 25.1 Å². The van der Waals surface area contributed by atoms with E-state index in [9.17, 15) is 30.7 Å².